The van der Waals surface area contributed by atoms with Crippen LogP contribution in [0.25, 0.3) is 0 Å². The Morgan fingerprint density at radius 1 is 0.500 bits per heavy atom. The van der Waals surface area contributed by atoms with Gasteiger partial charge < -0.3 is 0 Å². The Balaban J connectivity index is 0. The monoisotopic (exact) mass is 473 g/mol. The van der Waals surface area contributed by atoms with E-state index in [0.29, 0.717) is 0 Å². The van der Waals surface area contributed by atoms with Gasteiger partial charge in [-0.1, -0.05) is 0 Å². The standard InChI is InChI=1S/Dy.3Rh. The Labute approximate surface area is 94.5 Å². The SMILES string of the molecule is [Dy].[Rh].[Rh].[Rh]. The molecule has 0 saturated heterocycles. The maximum atomic E-state index is 0. The third-order valence-corrected chi connectivity index (χ3v) is 0. The number of hydrogen-bond donors (Lipinski definition) is 0. The zero-order chi connectivity index (χ0) is 0. The Bertz CT molecular complexity index is 3.25. The first-order valence-electron chi connectivity index (χ1n) is 0. The summed E-state index contributed by atoms with van der Waals surface area (Å²) in [6, 6.07) is 0. The van der Waals surface area contributed by atoms with Crippen molar-refractivity contribution >= 4 is 0 Å². The van der Waals surface area contributed by atoms with Gasteiger partial charge in [0, 0.05) is 96.6 Å². The molecule has 0 unspecified atom stereocenters. The van der Waals surface area contributed by atoms with E-state index in [0.717, 1.165) is 0 Å². The normalized spacial score (nSPS) is 0. The van der Waals surface area contributed by atoms with E-state index in [1.54, 1.807) is 0 Å². The van der Waals surface area contributed by atoms with E-state index in [1.807, 2.05) is 0 Å². The maximum absolute atomic E-state index is 0. The largest absolute Gasteiger partial charge is 0 e. The Morgan fingerprint density at radius 2 is 0.500 bits per heavy atom. The second-order valence-corrected chi connectivity index (χ2v) is 0. The van der Waals surface area contributed by atoms with Gasteiger partial charge in [0.1, 0.15) is 0 Å². The van der Waals surface area contributed by atoms with Gasteiger partial charge in [-0.15, -0.1) is 0 Å². The molecule has 0 bridgehead atoms. The summed E-state index contributed by atoms with van der Waals surface area (Å²) in [7, 11) is 0. The molecule has 4 heavy (non-hydrogen) atoms. The van der Waals surface area contributed by atoms with Gasteiger partial charge in [-0.25, -0.2) is 0 Å². The molecular weight excluding hydrogens is 471 g/mol. The third kappa shape index (κ3) is 8.94. The van der Waals surface area contributed by atoms with Crippen LogP contribution in [-0.4, -0.2) is 0 Å². The van der Waals surface area contributed by atoms with Crippen molar-refractivity contribution in [1.29, 1.82) is 0 Å². The predicted octanol–water partition coefficient (Wildman–Crippen LogP) is -0.00750. The summed E-state index contributed by atoms with van der Waals surface area (Å²) >= 11 is 0. The van der Waals surface area contributed by atoms with Crippen LogP contribution in [0.3, 0.4) is 0 Å². The van der Waals surface area contributed by atoms with Crippen molar-refractivity contribution in [3.63, 3.8) is 0 Å². The summed E-state index contributed by atoms with van der Waals surface area (Å²) in [5, 5.41) is 0. The van der Waals surface area contributed by atoms with E-state index in [9.17, 15) is 0 Å². The average Bonchev–Trinajstić information content (AvgIpc) is 0. The fourth-order valence-corrected chi connectivity index (χ4v) is 0. The van der Waals surface area contributed by atoms with Gasteiger partial charge in [0.25, 0.3) is 0 Å². The van der Waals surface area contributed by atoms with Gasteiger partial charge in [-0.05, 0) is 0 Å². The van der Waals surface area contributed by atoms with Crippen LogP contribution in [0.5, 0.6) is 0 Å². The summed E-state index contributed by atoms with van der Waals surface area (Å²) in [5.41, 5.74) is 0. The fourth-order valence-electron chi connectivity index (χ4n) is 0. The van der Waals surface area contributed by atoms with Crippen LogP contribution in [0.1, 0.15) is 0 Å². The molecule has 0 aliphatic carbocycles. The van der Waals surface area contributed by atoms with Crippen LogP contribution >= 0.6 is 0 Å². The van der Waals surface area contributed by atoms with Gasteiger partial charge in [0.05, 0.1) is 0 Å². The Hall–Kier alpha value is 3.14. The molecule has 37 valence electrons. The second kappa shape index (κ2) is 16.4. The van der Waals surface area contributed by atoms with E-state index in [1.165, 1.54) is 0 Å². The van der Waals surface area contributed by atoms with Crippen LogP contribution in [-0.2, 0) is 58.4 Å². The first kappa shape index (κ1) is 27.3. The fraction of sp³-hybridized carbons (Fsp3) is 0. The zero-order valence-corrected chi connectivity index (χ0v) is 8.26. The van der Waals surface area contributed by atoms with Crippen molar-refractivity contribution in [3.8, 4) is 0 Å². The first-order valence-corrected chi connectivity index (χ1v) is 0. The van der Waals surface area contributed by atoms with E-state index >= 15 is 0 Å². The molecule has 0 aliphatic rings. The molecule has 0 spiro atoms. The van der Waals surface area contributed by atoms with E-state index in [-0.39, 0.29) is 96.6 Å². The first-order chi connectivity index (χ1) is 0. The van der Waals surface area contributed by atoms with Gasteiger partial charge in [0.2, 0.25) is 0 Å². The summed E-state index contributed by atoms with van der Waals surface area (Å²) in [6.45, 7) is 0. The minimum Gasteiger partial charge on any atom is 0 e. The van der Waals surface area contributed by atoms with Gasteiger partial charge >= 0.3 is 0 Å². The minimum atomic E-state index is 0. The molecule has 0 aromatic heterocycles. The van der Waals surface area contributed by atoms with Crippen LogP contribution in [0.15, 0.2) is 0 Å². The van der Waals surface area contributed by atoms with Crippen molar-refractivity contribution in [2.45, 2.75) is 0 Å². The maximum Gasteiger partial charge on any atom is 0 e. The van der Waals surface area contributed by atoms with Gasteiger partial charge in [-0.2, -0.15) is 0 Å². The van der Waals surface area contributed by atoms with Crippen molar-refractivity contribution in [2.75, 3.05) is 0 Å². The van der Waals surface area contributed by atoms with Crippen LogP contribution < -0.4 is 0 Å². The second-order valence-electron chi connectivity index (χ2n) is 0. The average molecular weight is 471 g/mol. The summed E-state index contributed by atoms with van der Waals surface area (Å²) in [6.07, 6.45) is 0. The van der Waals surface area contributed by atoms with Gasteiger partial charge in [0.15, 0.2) is 0 Å². The molecule has 0 N–H and O–H groups in total. The molecule has 0 fully saturated rings. The van der Waals surface area contributed by atoms with Crippen molar-refractivity contribution in [3.05, 3.63) is 0 Å². The molecule has 0 atom stereocenters. The van der Waals surface area contributed by atoms with Crippen molar-refractivity contribution in [1.82, 2.24) is 0 Å². The summed E-state index contributed by atoms with van der Waals surface area (Å²) in [4.78, 5) is 0. The van der Waals surface area contributed by atoms with E-state index < -0.39 is 0 Å². The number of hydrogen-bond acceptors (Lipinski definition) is 0. The van der Waals surface area contributed by atoms with Crippen molar-refractivity contribution < 1.29 is 96.6 Å². The molecule has 0 aromatic rings. The summed E-state index contributed by atoms with van der Waals surface area (Å²) in [5.74, 6) is 0. The molecular formula is DyRh3. The zero-order valence-electron chi connectivity index (χ0n) is 1.32. The molecule has 0 nitrogen and oxygen atoms in total. The molecule has 3 radical (unpaired) electrons. The van der Waals surface area contributed by atoms with Crippen LogP contribution in [0.2, 0.25) is 0 Å². The molecule has 0 amide bonds. The quantitative estimate of drug-likeness (QED) is 0.437. The molecule has 0 heterocycles. The smallest absolute Gasteiger partial charge is 0 e. The molecule has 0 saturated carbocycles. The Kier molecular flexibility index (Phi) is 112. The van der Waals surface area contributed by atoms with Crippen LogP contribution in [0.4, 0.5) is 0 Å². The minimum absolute atomic E-state index is 0. The summed E-state index contributed by atoms with van der Waals surface area (Å²) < 4.78 is 0. The molecule has 0 rings (SSSR count). The predicted molar refractivity (Wildman–Crippen MR) is 0 cm³/mol. The molecule has 0 aromatic carbocycles. The molecule has 0 aliphatic heterocycles. The van der Waals surface area contributed by atoms with Gasteiger partial charge in [-0.3, -0.25) is 0 Å². The Morgan fingerprint density at radius 3 is 0.500 bits per heavy atom. The topological polar surface area (TPSA) is 0 Å². The number of rotatable bonds is 0. The molecule has 4 heteroatoms. The van der Waals surface area contributed by atoms with Crippen LogP contribution in [0, 0.1) is 38.2 Å². The van der Waals surface area contributed by atoms with E-state index in [4.69, 9.17) is 0 Å². The van der Waals surface area contributed by atoms with Crippen molar-refractivity contribution in [2.24, 2.45) is 0 Å². The van der Waals surface area contributed by atoms with E-state index in [2.05, 4.69) is 0 Å². The third-order valence-electron chi connectivity index (χ3n) is 0.